The van der Waals surface area contributed by atoms with Crippen LogP contribution in [0.15, 0.2) is 41.3 Å². The fraction of sp³-hybridized carbons (Fsp3) is 0.435. The predicted octanol–water partition coefficient (Wildman–Crippen LogP) is 3.32. The predicted molar refractivity (Wildman–Crippen MR) is 123 cm³/mol. The van der Waals surface area contributed by atoms with Crippen LogP contribution in [0.4, 0.5) is 10.1 Å². The van der Waals surface area contributed by atoms with Gasteiger partial charge in [-0.05, 0) is 74.1 Å². The van der Waals surface area contributed by atoms with Crippen LogP contribution in [-0.4, -0.2) is 40.2 Å². The van der Waals surface area contributed by atoms with Gasteiger partial charge >= 0.3 is 0 Å². The van der Waals surface area contributed by atoms with E-state index in [0.717, 1.165) is 11.3 Å². The molecule has 0 bridgehead atoms. The molecule has 1 amide bonds. The molecule has 0 saturated heterocycles. The Labute approximate surface area is 189 Å². The maximum absolute atomic E-state index is 13.9. The van der Waals surface area contributed by atoms with Gasteiger partial charge in [0.05, 0.1) is 4.90 Å². The maximum atomic E-state index is 13.9. The molecule has 0 spiro atoms. The minimum Gasteiger partial charge on any atom is -0.378 e. The number of unbranched alkanes of at least 4 members (excludes halogenated alkanes) is 1. The van der Waals surface area contributed by atoms with Crippen molar-refractivity contribution in [3.63, 3.8) is 0 Å². The first kappa shape index (κ1) is 25.8. The van der Waals surface area contributed by atoms with Crippen molar-refractivity contribution in [1.82, 2.24) is 10.2 Å². The maximum Gasteiger partial charge on any atom is 0.246 e. The van der Waals surface area contributed by atoms with Gasteiger partial charge in [0.25, 0.3) is 0 Å². The van der Waals surface area contributed by atoms with Crippen LogP contribution in [-0.2, 0) is 21.2 Å². The number of carbonyl (C=O) groups excluding carboxylic acids is 1. The molecule has 0 aliphatic heterocycles. The SMILES string of the molecule is Cc1cc(C[C@H](CCCCNS(=O)(=O)c2ccc(N(C)C)cc2)C(=O)NO)cc(C)c1F. The van der Waals surface area contributed by atoms with E-state index in [1.165, 1.54) is 0 Å². The molecule has 2 aromatic rings. The number of amides is 1. The molecule has 0 unspecified atom stereocenters. The van der Waals surface area contributed by atoms with Gasteiger partial charge in [0, 0.05) is 32.2 Å². The van der Waals surface area contributed by atoms with Gasteiger partial charge in [-0.3, -0.25) is 10.0 Å². The third kappa shape index (κ3) is 7.01. The van der Waals surface area contributed by atoms with Gasteiger partial charge in [0.15, 0.2) is 0 Å². The molecule has 2 rings (SSSR count). The summed E-state index contributed by atoms with van der Waals surface area (Å²) in [6.07, 6.45) is 1.93. The fourth-order valence-electron chi connectivity index (χ4n) is 3.58. The first-order valence-corrected chi connectivity index (χ1v) is 12.0. The highest BCUT2D eigenvalue weighted by molar-refractivity contribution is 7.89. The minimum atomic E-state index is -3.61. The second-order valence-electron chi connectivity index (χ2n) is 8.20. The average Bonchev–Trinajstić information content (AvgIpc) is 2.75. The van der Waals surface area contributed by atoms with Crippen molar-refractivity contribution < 1.29 is 22.8 Å². The molecular weight excluding hydrogens is 433 g/mol. The highest BCUT2D eigenvalue weighted by Gasteiger charge is 2.20. The zero-order valence-electron chi connectivity index (χ0n) is 19.0. The molecule has 9 heteroatoms. The Bertz CT molecular complexity index is 1000. The molecule has 0 heterocycles. The molecule has 0 fully saturated rings. The van der Waals surface area contributed by atoms with Crippen molar-refractivity contribution in [2.24, 2.45) is 5.92 Å². The number of anilines is 1. The fourth-order valence-corrected chi connectivity index (χ4v) is 4.66. The smallest absolute Gasteiger partial charge is 0.246 e. The summed E-state index contributed by atoms with van der Waals surface area (Å²) in [7, 11) is 0.149. The van der Waals surface area contributed by atoms with Crippen LogP contribution in [0, 0.1) is 25.6 Å². The van der Waals surface area contributed by atoms with E-state index in [4.69, 9.17) is 5.21 Å². The second kappa shape index (κ2) is 11.4. The third-order valence-electron chi connectivity index (χ3n) is 5.39. The number of carbonyl (C=O) groups is 1. The van der Waals surface area contributed by atoms with Gasteiger partial charge in [-0.2, -0.15) is 0 Å². The number of sulfonamides is 1. The average molecular weight is 466 g/mol. The van der Waals surface area contributed by atoms with Crippen molar-refractivity contribution in [2.45, 2.75) is 44.4 Å². The van der Waals surface area contributed by atoms with E-state index >= 15 is 0 Å². The largest absolute Gasteiger partial charge is 0.378 e. The van der Waals surface area contributed by atoms with Gasteiger partial charge in [0.1, 0.15) is 5.82 Å². The van der Waals surface area contributed by atoms with Crippen molar-refractivity contribution >= 4 is 21.6 Å². The molecule has 0 saturated carbocycles. The number of nitrogens with zero attached hydrogens (tertiary/aromatic N) is 1. The lowest BCUT2D eigenvalue weighted by Gasteiger charge is -2.16. The van der Waals surface area contributed by atoms with Gasteiger partial charge in [-0.1, -0.05) is 18.6 Å². The zero-order valence-corrected chi connectivity index (χ0v) is 19.8. The second-order valence-corrected chi connectivity index (χ2v) is 9.97. The van der Waals surface area contributed by atoms with Crippen LogP contribution in [0.5, 0.6) is 0 Å². The van der Waals surface area contributed by atoms with Crippen molar-refractivity contribution in [3.8, 4) is 0 Å². The molecule has 176 valence electrons. The summed E-state index contributed by atoms with van der Waals surface area (Å²) in [6, 6.07) is 10.0. The van der Waals surface area contributed by atoms with Crippen LogP contribution in [0.1, 0.15) is 36.0 Å². The molecule has 7 nitrogen and oxygen atoms in total. The highest BCUT2D eigenvalue weighted by Crippen LogP contribution is 2.21. The Morgan fingerprint density at radius 1 is 1.09 bits per heavy atom. The van der Waals surface area contributed by atoms with Crippen molar-refractivity contribution in [1.29, 1.82) is 0 Å². The van der Waals surface area contributed by atoms with Gasteiger partial charge in [-0.25, -0.2) is 23.0 Å². The number of hydrogen-bond donors (Lipinski definition) is 3. The van der Waals surface area contributed by atoms with E-state index in [2.05, 4.69) is 4.72 Å². The molecule has 32 heavy (non-hydrogen) atoms. The number of nitrogens with one attached hydrogen (secondary N) is 2. The third-order valence-corrected chi connectivity index (χ3v) is 6.87. The Morgan fingerprint density at radius 3 is 2.22 bits per heavy atom. The summed E-state index contributed by atoms with van der Waals surface area (Å²) in [4.78, 5) is 14.2. The molecule has 3 N–H and O–H groups in total. The zero-order chi connectivity index (χ0) is 23.9. The topological polar surface area (TPSA) is 98.7 Å². The van der Waals surface area contributed by atoms with Crippen LogP contribution in [0.25, 0.3) is 0 Å². The number of rotatable bonds is 11. The highest BCUT2D eigenvalue weighted by atomic mass is 32.2. The Kier molecular flexibility index (Phi) is 9.18. The summed E-state index contributed by atoms with van der Waals surface area (Å²) in [5, 5.41) is 9.07. The Hall–Kier alpha value is -2.49. The van der Waals surface area contributed by atoms with E-state index in [-0.39, 0.29) is 17.3 Å². The number of aryl methyl sites for hydroxylation is 2. The summed E-state index contributed by atoms with van der Waals surface area (Å²) in [6.45, 7) is 3.58. The molecule has 0 aliphatic carbocycles. The van der Waals surface area contributed by atoms with E-state index in [1.54, 1.807) is 55.7 Å². The van der Waals surface area contributed by atoms with Gasteiger partial charge < -0.3 is 4.90 Å². The van der Waals surface area contributed by atoms with Crippen LogP contribution in [0.3, 0.4) is 0 Å². The summed E-state index contributed by atoms with van der Waals surface area (Å²) >= 11 is 0. The summed E-state index contributed by atoms with van der Waals surface area (Å²) < 4.78 is 41.3. The lowest BCUT2D eigenvalue weighted by atomic mass is 9.92. The van der Waals surface area contributed by atoms with E-state index in [1.807, 2.05) is 19.0 Å². The first-order valence-electron chi connectivity index (χ1n) is 10.5. The molecule has 1 atom stereocenters. The first-order chi connectivity index (χ1) is 15.0. The molecular formula is C23H32FN3O4S. The van der Waals surface area contributed by atoms with Crippen LogP contribution in [0.2, 0.25) is 0 Å². The monoisotopic (exact) mass is 465 g/mol. The number of hydroxylamine groups is 1. The Balaban J connectivity index is 1.89. The van der Waals surface area contributed by atoms with Gasteiger partial charge in [0.2, 0.25) is 15.9 Å². The molecule has 0 radical (unpaired) electrons. The van der Waals surface area contributed by atoms with Crippen molar-refractivity contribution in [3.05, 3.63) is 58.9 Å². The number of benzene rings is 2. The standard InChI is InChI=1S/C23H32FN3O4S/c1-16-13-18(14-17(2)22(16)24)15-19(23(28)26-29)7-5-6-12-25-32(30,31)21-10-8-20(9-11-21)27(3)4/h8-11,13-14,19,25,29H,5-7,12,15H2,1-4H3,(H,26,28)/t19-/m0/s1. The molecule has 0 aromatic heterocycles. The number of halogens is 1. The van der Waals surface area contributed by atoms with Crippen LogP contribution >= 0.6 is 0 Å². The van der Waals surface area contributed by atoms with E-state index in [9.17, 15) is 17.6 Å². The van der Waals surface area contributed by atoms with E-state index in [0.29, 0.717) is 36.8 Å². The normalized spacial score (nSPS) is 12.4. The van der Waals surface area contributed by atoms with Gasteiger partial charge in [-0.15, -0.1) is 0 Å². The quantitative estimate of drug-likeness (QED) is 0.269. The lowest BCUT2D eigenvalue weighted by Crippen LogP contribution is -2.30. The number of hydrogen-bond acceptors (Lipinski definition) is 5. The lowest BCUT2D eigenvalue weighted by molar-refractivity contribution is -0.133. The summed E-state index contributed by atoms with van der Waals surface area (Å²) in [5.41, 5.74) is 4.44. The van der Waals surface area contributed by atoms with Crippen molar-refractivity contribution in [2.75, 3.05) is 25.5 Å². The summed E-state index contributed by atoms with van der Waals surface area (Å²) in [5.74, 6) is -1.27. The Morgan fingerprint density at radius 2 is 1.69 bits per heavy atom. The molecule has 0 aliphatic rings. The molecule has 2 aromatic carbocycles. The minimum absolute atomic E-state index is 0.197. The van der Waals surface area contributed by atoms with Crippen LogP contribution < -0.4 is 15.1 Å². The van der Waals surface area contributed by atoms with E-state index < -0.39 is 21.8 Å².